The number of nitrogens with one attached hydrogen (secondary N) is 2. The molecule has 1 saturated heterocycles. The standard InChI is InChI=1S/C14H17N3O2/c1-3-5-6-9-11(4-2)16-17-13(9)10-7-8-12(18)15-14(10)19/h4-6,10H,2-3,7-8H2,1H3,(H,16,17)(H,15,18,19)/b6-5-. The largest absolute Gasteiger partial charge is 0.296 e. The summed E-state index contributed by atoms with van der Waals surface area (Å²) in [7, 11) is 0. The summed E-state index contributed by atoms with van der Waals surface area (Å²) < 4.78 is 0. The number of hydrogen-bond donors (Lipinski definition) is 2. The number of aromatic nitrogens is 2. The molecule has 1 atom stereocenters. The Balaban J connectivity index is 2.36. The fourth-order valence-corrected chi connectivity index (χ4v) is 2.18. The van der Waals surface area contributed by atoms with Gasteiger partial charge in [-0.25, -0.2) is 0 Å². The van der Waals surface area contributed by atoms with Crippen LogP contribution in [0.3, 0.4) is 0 Å². The molecule has 5 nitrogen and oxygen atoms in total. The van der Waals surface area contributed by atoms with Crippen molar-refractivity contribution in [2.75, 3.05) is 0 Å². The molecular formula is C14H17N3O2. The molecule has 0 aromatic carbocycles. The van der Waals surface area contributed by atoms with Gasteiger partial charge in [-0.05, 0) is 18.9 Å². The third-order valence-electron chi connectivity index (χ3n) is 3.16. The SMILES string of the molecule is C=Cc1n[nH]c(C2CCC(=O)NC2=O)c1/C=C\CC. The van der Waals surface area contributed by atoms with Crippen molar-refractivity contribution in [3.63, 3.8) is 0 Å². The van der Waals surface area contributed by atoms with Crippen LogP contribution in [0.15, 0.2) is 12.7 Å². The third kappa shape index (κ3) is 2.65. The average Bonchev–Trinajstić information content (AvgIpc) is 2.79. The van der Waals surface area contributed by atoms with Gasteiger partial charge in [-0.3, -0.25) is 20.0 Å². The van der Waals surface area contributed by atoms with Crippen molar-refractivity contribution in [3.05, 3.63) is 29.6 Å². The maximum Gasteiger partial charge on any atom is 0.235 e. The third-order valence-corrected chi connectivity index (χ3v) is 3.16. The second-order valence-electron chi connectivity index (χ2n) is 4.45. The van der Waals surface area contributed by atoms with Gasteiger partial charge in [0.15, 0.2) is 0 Å². The first-order valence-electron chi connectivity index (χ1n) is 6.38. The minimum Gasteiger partial charge on any atom is -0.296 e. The number of aromatic amines is 1. The Kier molecular flexibility index (Phi) is 3.94. The Hall–Kier alpha value is -2.17. The summed E-state index contributed by atoms with van der Waals surface area (Å²) in [5.41, 5.74) is 2.36. The van der Waals surface area contributed by atoms with Gasteiger partial charge in [0.1, 0.15) is 0 Å². The van der Waals surface area contributed by atoms with Crippen molar-refractivity contribution < 1.29 is 9.59 Å². The maximum atomic E-state index is 11.9. The van der Waals surface area contributed by atoms with Crippen LogP contribution >= 0.6 is 0 Å². The van der Waals surface area contributed by atoms with Crippen LogP contribution < -0.4 is 5.32 Å². The first kappa shape index (κ1) is 13.3. The molecule has 0 radical (unpaired) electrons. The van der Waals surface area contributed by atoms with E-state index in [9.17, 15) is 9.59 Å². The zero-order chi connectivity index (χ0) is 13.8. The number of nitrogens with zero attached hydrogens (tertiary/aromatic N) is 1. The Morgan fingerprint density at radius 1 is 1.47 bits per heavy atom. The highest BCUT2D eigenvalue weighted by molar-refractivity contribution is 6.01. The molecule has 2 amide bonds. The summed E-state index contributed by atoms with van der Waals surface area (Å²) in [4.78, 5) is 23.1. The molecule has 5 heteroatoms. The molecule has 0 spiro atoms. The second-order valence-corrected chi connectivity index (χ2v) is 4.45. The fraction of sp³-hybridized carbons (Fsp3) is 0.357. The van der Waals surface area contributed by atoms with E-state index in [1.807, 2.05) is 19.1 Å². The topological polar surface area (TPSA) is 74.8 Å². The Labute approximate surface area is 111 Å². The van der Waals surface area contributed by atoms with Gasteiger partial charge in [0.2, 0.25) is 11.8 Å². The number of carbonyl (C=O) groups excluding carboxylic acids is 2. The van der Waals surface area contributed by atoms with Gasteiger partial charge in [0.05, 0.1) is 17.3 Å². The van der Waals surface area contributed by atoms with Gasteiger partial charge in [0.25, 0.3) is 0 Å². The predicted octanol–water partition coefficient (Wildman–Crippen LogP) is 2.00. The second kappa shape index (κ2) is 5.65. The Bertz CT molecular complexity index is 543. The molecule has 2 heterocycles. The molecule has 0 aliphatic carbocycles. The number of carbonyl (C=O) groups is 2. The summed E-state index contributed by atoms with van der Waals surface area (Å²) in [5, 5.41) is 9.42. The zero-order valence-corrected chi connectivity index (χ0v) is 10.9. The van der Waals surface area contributed by atoms with Gasteiger partial charge < -0.3 is 0 Å². The van der Waals surface area contributed by atoms with E-state index >= 15 is 0 Å². The van der Waals surface area contributed by atoms with Crippen molar-refractivity contribution in [2.45, 2.75) is 32.1 Å². The van der Waals surface area contributed by atoms with E-state index in [4.69, 9.17) is 0 Å². The minimum atomic E-state index is -0.351. The smallest absolute Gasteiger partial charge is 0.235 e. The van der Waals surface area contributed by atoms with Crippen LogP contribution in [0.5, 0.6) is 0 Å². The number of amides is 2. The molecule has 2 N–H and O–H groups in total. The number of piperidine rings is 1. The van der Waals surface area contributed by atoms with Crippen molar-refractivity contribution in [2.24, 2.45) is 0 Å². The predicted molar refractivity (Wildman–Crippen MR) is 73.1 cm³/mol. The first-order valence-corrected chi connectivity index (χ1v) is 6.38. The summed E-state index contributed by atoms with van der Waals surface area (Å²) in [5.74, 6) is -0.826. The van der Waals surface area contributed by atoms with Gasteiger partial charge in [-0.15, -0.1) is 0 Å². The van der Waals surface area contributed by atoms with Gasteiger partial charge in [-0.2, -0.15) is 5.10 Å². The van der Waals surface area contributed by atoms with E-state index in [0.717, 1.165) is 23.4 Å². The van der Waals surface area contributed by atoms with Crippen LogP contribution in [0.2, 0.25) is 0 Å². The van der Waals surface area contributed by atoms with Crippen molar-refractivity contribution in [3.8, 4) is 0 Å². The van der Waals surface area contributed by atoms with Crippen LogP contribution in [0.25, 0.3) is 12.2 Å². The van der Waals surface area contributed by atoms with Crippen LogP contribution in [0, 0.1) is 0 Å². The number of H-pyrrole nitrogens is 1. The molecule has 0 bridgehead atoms. The molecule has 2 rings (SSSR count). The number of hydrogen-bond acceptors (Lipinski definition) is 3. The van der Waals surface area contributed by atoms with Gasteiger partial charge in [0, 0.05) is 12.0 Å². The maximum absolute atomic E-state index is 11.9. The monoisotopic (exact) mass is 259 g/mol. The lowest BCUT2D eigenvalue weighted by Gasteiger charge is -2.20. The lowest BCUT2D eigenvalue weighted by Crippen LogP contribution is -2.39. The molecule has 1 aromatic rings. The van der Waals surface area contributed by atoms with Gasteiger partial charge in [-0.1, -0.05) is 25.7 Å². The highest BCUT2D eigenvalue weighted by atomic mass is 16.2. The van der Waals surface area contributed by atoms with E-state index in [0.29, 0.717) is 12.8 Å². The molecule has 0 saturated carbocycles. The van der Waals surface area contributed by atoms with E-state index in [2.05, 4.69) is 22.1 Å². The summed E-state index contributed by atoms with van der Waals surface area (Å²) in [6, 6.07) is 0. The molecule has 100 valence electrons. The number of rotatable bonds is 4. The molecule has 1 fully saturated rings. The summed E-state index contributed by atoms with van der Waals surface area (Å²) in [6.45, 7) is 5.76. The van der Waals surface area contributed by atoms with Crippen molar-refractivity contribution in [1.29, 1.82) is 0 Å². The summed E-state index contributed by atoms with van der Waals surface area (Å²) >= 11 is 0. The quantitative estimate of drug-likeness (QED) is 0.812. The number of allylic oxidation sites excluding steroid dienone is 1. The first-order chi connectivity index (χ1) is 9.17. The minimum absolute atomic E-state index is 0.213. The van der Waals surface area contributed by atoms with E-state index in [1.54, 1.807) is 6.08 Å². The van der Waals surface area contributed by atoms with Crippen LogP contribution in [0.4, 0.5) is 0 Å². The lowest BCUT2D eigenvalue weighted by molar-refractivity contribution is -0.134. The highest BCUT2D eigenvalue weighted by Gasteiger charge is 2.31. The number of imide groups is 1. The lowest BCUT2D eigenvalue weighted by atomic mass is 9.91. The molecule has 1 aromatic heterocycles. The van der Waals surface area contributed by atoms with Crippen LogP contribution in [-0.4, -0.2) is 22.0 Å². The van der Waals surface area contributed by atoms with Crippen LogP contribution in [0.1, 0.15) is 49.1 Å². The summed E-state index contributed by atoms with van der Waals surface area (Å²) in [6.07, 6.45) is 7.37. The average molecular weight is 259 g/mol. The van der Waals surface area contributed by atoms with E-state index in [1.165, 1.54) is 0 Å². The molecule has 1 aliphatic rings. The van der Waals surface area contributed by atoms with Crippen molar-refractivity contribution in [1.82, 2.24) is 15.5 Å². The normalized spacial score (nSPS) is 19.7. The van der Waals surface area contributed by atoms with Crippen molar-refractivity contribution >= 4 is 24.0 Å². The van der Waals surface area contributed by atoms with Crippen LogP contribution in [-0.2, 0) is 9.59 Å². The Morgan fingerprint density at radius 3 is 2.89 bits per heavy atom. The fourth-order valence-electron chi connectivity index (χ4n) is 2.18. The molecule has 1 aliphatic heterocycles. The molecular weight excluding hydrogens is 242 g/mol. The van der Waals surface area contributed by atoms with E-state index < -0.39 is 0 Å². The Morgan fingerprint density at radius 2 is 2.26 bits per heavy atom. The van der Waals surface area contributed by atoms with Gasteiger partial charge >= 0.3 is 0 Å². The van der Waals surface area contributed by atoms with E-state index in [-0.39, 0.29) is 17.7 Å². The molecule has 1 unspecified atom stereocenters. The molecule has 19 heavy (non-hydrogen) atoms. The zero-order valence-electron chi connectivity index (χ0n) is 10.9. The highest BCUT2D eigenvalue weighted by Crippen LogP contribution is 2.28.